The lowest BCUT2D eigenvalue weighted by molar-refractivity contribution is 0.0488. The average Bonchev–Trinajstić information content (AvgIpc) is 3.07. The number of nitrogens with zero attached hydrogens (tertiary/aromatic N) is 4. The molecular weight excluding hydrogens is 296 g/mol. The van der Waals surface area contributed by atoms with Crippen LogP contribution >= 0.6 is 11.6 Å². The first-order valence-electron chi connectivity index (χ1n) is 6.59. The molecule has 1 aliphatic heterocycles. The zero-order valence-electron chi connectivity index (χ0n) is 11.7. The molecule has 2 aromatic heterocycles. The van der Waals surface area contributed by atoms with E-state index in [9.17, 15) is 4.79 Å². The van der Waals surface area contributed by atoms with E-state index in [4.69, 9.17) is 20.5 Å². The smallest absolute Gasteiger partial charge is 0.258 e. The van der Waals surface area contributed by atoms with Gasteiger partial charge in [-0.1, -0.05) is 5.16 Å². The second kappa shape index (κ2) is 5.50. The van der Waals surface area contributed by atoms with Crippen LogP contribution in [0.5, 0.6) is 0 Å². The maximum atomic E-state index is 12.5. The van der Waals surface area contributed by atoms with E-state index < -0.39 is 0 Å². The number of piperazine rings is 1. The Labute approximate surface area is 126 Å². The normalized spacial score (nSPS) is 20.0. The maximum Gasteiger partial charge on any atom is 0.258 e. The highest BCUT2D eigenvalue weighted by Crippen LogP contribution is 2.25. The average molecular weight is 311 g/mol. The highest BCUT2D eigenvalue weighted by atomic mass is 35.5. The molecule has 7 nitrogen and oxygen atoms in total. The second-order valence-corrected chi connectivity index (χ2v) is 5.38. The van der Waals surface area contributed by atoms with Gasteiger partial charge in [-0.05, 0) is 31.6 Å². The van der Waals surface area contributed by atoms with E-state index in [0.717, 1.165) is 0 Å². The summed E-state index contributed by atoms with van der Waals surface area (Å²) in [7, 11) is 1.97. The molecule has 8 heteroatoms. The summed E-state index contributed by atoms with van der Waals surface area (Å²) >= 11 is 5.87. The van der Waals surface area contributed by atoms with Crippen molar-refractivity contribution in [1.82, 2.24) is 19.9 Å². The van der Waals surface area contributed by atoms with Crippen LogP contribution in [0, 0.1) is 6.92 Å². The molecule has 3 rings (SSSR count). The maximum absolute atomic E-state index is 12.5. The fourth-order valence-electron chi connectivity index (χ4n) is 2.39. The predicted molar refractivity (Wildman–Crippen MR) is 74.0 cm³/mol. The van der Waals surface area contributed by atoms with Gasteiger partial charge in [-0.2, -0.15) is 4.98 Å². The summed E-state index contributed by atoms with van der Waals surface area (Å²) in [5.74, 6) is 0.952. The molecule has 2 aromatic rings. The quantitative estimate of drug-likeness (QED) is 0.841. The summed E-state index contributed by atoms with van der Waals surface area (Å²) in [4.78, 5) is 20.5. The minimum Gasteiger partial charge on any atom is -0.452 e. The van der Waals surface area contributed by atoms with Crippen molar-refractivity contribution in [2.75, 3.05) is 26.7 Å². The van der Waals surface area contributed by atoms with Crippen molar-refractivity contribution in [2.24, 2.45) is 0 Å². The molecule has 0 spiro atoms. The monoisotopic (exact) mass is 310 g/mol. The number of furan rings is 1. The van der Waals surface area contributed by atoms with E-state index in [0.29, 0.717) is 36.9 Å². The summed E-state index contributed by atoms with van der Waals surface area (Å²) in [5, 5.41) is 3.92. The number of likely N-dealkylation sites (N-methyl/N-ethyl adjacent to an activating group) is 1. The number of halogens is 1. The molecule has 3 heterocycles. The van der Waals surface area contributed by atoms with Gasteiger partial charge in [0.25, 0.3) is 5.91 Å². The zero-order chi connectivity index (χ0) is 15.0. The van der Waals surface area contributed by atoms with Crippen molar-refractivity contribution in [2.45, 2.75) is 13.0 Å². The standard InChI is InChI=1S/C13H15ClN4O3/c1-8-15-12(21-16-8)10-7-18(5-4-17(10)2)13(19)9-3-6-20-11(9)14/h3,6,10H,4-5,7H2,1-2H3/t10-/m0/s1. The van der Waals surface area contributed by atoms with E-state index in [2.05, 4.69) is 15.0 Å². The Bertz CT molecular complexity index is 653. The Morgan fingerprint density at radius 2 is 2.29 bits per heavy atom. The first kappa shape index (κ1) is 14.1. The third kappa shape index (κ3) is 2.66. The fourth-order valence-corrected chi connectivity index (χ4v) is 2.59. The Balaban J connectivity index is 1.80. The lowest BCUT2D eigenvalue weighted by Gasteiger charge is -2.37. The summed E-state index contributed by atoms with van der Waals surface area (Å²) in [6, 6.07) is 1.46. The molecule has 0 unspecified atom stereocenters. The van der Waals surface area contributed by atoms with Gasteiger partial charge in [0.1, 0.15) is 6.04 Å². The third-order valence-corrected chi connectivity index (χ3v) is 3.90. The lowest BCUT2D eigenvalue weighted by Crippen LogP contribution is -2.49. The molecule has 1 amide bonds. The summed E-state index contributed by atoms with van der Waals surface area (Å²) in [5.41, 5.74) is 0.377. The van der Waals surface area contributed by atoms with Gasteiger partial charge in [0, 0.05) is 19.6 Å². The predicted octanol–water partition coefficient (Wildman–Crippen LogP) is 1.75. The first-order valence-corrected chi connectivity index (χ1v) is 6.97. The number of carbonyl (C=O) groups excluding carboxylic acids is 1. The largest absolute Gasteiger partial charge is 0.452 e. The van der Waals surface area contributed by atoms with Crippen LogP contribution in [0.3, 0.4) is 0 Å². The van der Waals surface area contributed by atoms with Crippen LogP contribution in [0.2, 0.25) is 5.22 Å². The zero-order valence-corrected chi connectivity index (χ0v) is 12.5. The molecule has 0 radical (unpaired) electrons. The summed E-state index contributed by atoms with van der Waals surface area (Å²) < 4.78 is 10.2. The van der Waals surface area contributed by atoms with Crippen LogP contribution < -0.4 is 0 Å². The van der Waals surface area contributed by atoms with Crippen LogP contribution in [0.15, 0.2) is 21.3 Å². The van der Waals surface area contributed by atoms with Crippen LogP contribution in [0.25, 0.3) is 0 Å². The number of aryl methyl sites for hydroxylation is 1. The van der Waals surface area contributed by atoms with Crippen molar-refractivity contribution in [3.05, 3.63) is 34.8 Å². The number of carbonyl (C=O) groups is 1. The van der Waals surface area contributed by atoms with E-state index in [1.165, 1.54) is 6.26 Å². The van der Waals surface area contributed by atoms with Crippen molar-refractivity contribution in [3.8, 4) is 0 Å². The molecule has 1 fully saturated rings. The lowest BCUT2D eigenvalue weighted by atomic mass is 10.1. The van der Waals surface area contributed by atoms with Crippen LogP contribution in [0.4, 0.5) is 0 Å². The Kier molecular flexibility index (Phi) is 3.69. The van der Waals surface area contributed by atoms with E-state index >= 15 is 0 Å². The molecule has 0 saturated carbocycles. The first-order chi connectivity index (χ1) is 10.1. The van der Waals surface area contributed by atoms with Gasteiger partial charge < -0.3 is 13.8 Å². The molecule has 1 atom stereocenters. The molecule has 21 heavy (non-hydrogen) atoms. The Morgan fingerprint density at radius 3 is 2.90 bits per heavy atom. The van der Waals surface area contributed by atoms with Gasteiger partial charge in [-0.15, -0.1) is 0 Å². The van der Waals surface area contributed by atoms with Crippen molar-refractivity contribution in [1.29, 1.82) is 0 Å². The Morgan fingerprint density at radius 1 is 1.48 bits per heavy atom. The molecule has 0 aliphatic carbocycles. The van der Waals surface area contributed by atoms with E-state index in [1.54, 1.807) is 17.9 Å². The van der Waals surface area contributed by atoms with Gasteiger partial charge >= 0.3 is 0 Å². The van der Waals surface area contributed by atoms with Gasteiger partial charge in [0.05, 0.1) is 11.8 Å². The van der Waals surface area contributed by atoms with Crippen molar-refractivity contribution in [3.63, 3.8) is 0 Å². The van der Waals surface area contributed by atoms with Crippen molar-refractivity contribution < 1.29 is 13.7 Å². The molecule has 0 aromatic carbocycles. The number of aromatic nitrogens is 2. The minimum absolute atomic E-state index is 0.115. The topological polar surface area (TPSA) is 75.6 Å². The molecule has 0 N–H and O–H groups in total. The molecule has 0 bridgehead atoms. The van der Waals surface area contributed by atoms with Crippen LogP contribution in [0.1, 0.15) is 28.1 Å². The van der Waals surface area contributed by atoms with E-state index in [-0.39, 0.29) is 17.2 Å². The number of amides is 1. The molecule has 1 saturated heterocycles. The second-order valence-electron chi connectivity index (χ2n) is 5.04. The minimum atomic E-state index is -0.150. The van der Waals surface area contributed by atoms with Gasteiger partial charge in [0.2, 0.25) is 11.1 Å². The van der Waals surface area contributed by atoms with Gasteiger partial charge in [0.15, 0.2) is 5.82 Å². The molecule has 1 aliphatic rings. The SMILES string of the molecule is Cc1noc([C@@H]2CN(C(=O)c3ccoc3Cl)CCN2C)n1. The Hall–Kier alpha value is -1.86. The van der Waals surface area contributed by atoms with Gasteiger partial charge in [-0.25, -0.2) is 0 Å². The molecular formula is C13H15ClN4O3. The fraction of sp³-hybridized carbons (Fsp3) is 0.462. The number of hydrogen-bond donors (Lipinski definition) is 0. The summed E-state index contributed by atoms with van der Waals surface area (Å²) in [6.07, 6.45) is 1.41. The highest BCUT2D eigenvalue weighted by molar-refractivity contribution is 6.32. The van der Waals surface area contributed by atoms with E-state index in [1.807, 2.05) is 7.05 Å². The summed E-state index contributed by atoms with van der Waals surface area (Å²) in [6.45, 7) is 3.57. The van der Waals surface area contributed by atoms with Crippen molar-refractivity contribution >= 4 is 17.5 Å². The van der Waals surface area contributed by atoms with Crippen LogP contribution in [-0.2, 0) is 0 Å². The number of hydrogen-bond acceptors (Lipinski definition) is 6. The van der Waals surface area contributed by atoms with Crippen LogP contribution in [-0.4, -0.2) is 52.5 Å². The third-order valence-electron chi connectivity index (χ3n) is 3.61. The molecule has 112 valence electrons. The highest BCUT2D eigenvalue weighted by Gasteiger charge is 2.33. The van der Waals surface area contributed by atoms with Gasteiger partial charge in [-0.3, -0.25) is 9.69 Å². The number of rotatable bonds is 2.